The predicted molar refractivity (Wildman–Crippen MR) is 93.4 cm³/mol. The average Bonchev–Trinajstić information content (AvgIpc) is 2.53. The Kier molecular flexibility index (Phi) is 5.43. The molecule has 23 heavy (non-hydrogen) atoms. The summed E-state index contributed by atoms with van der Waals surface area (Å²) in [5.74, 6) is 0.465. The molecular formula is C20H24O3. The molecule has 0 heterocycles. The van der Waals surface area contributed by atoms with E-state index in [0.717, 1.165) is 36.0 Å². The van der Waals surface area contributed by atoms with Crippen molar-refractivity contribution < 1.29 is 14.6 Å². The molecular weight excluding hydrogens is 288 g/mol. The van der Waals surface area contributed by atoms with Gasteiger partial charge in [0.1, 0.15) is 5.75 Å². The zero-order valence-corrected chi connectivity index (χ0v) is 14.3. The lowest BCUT2D eigenvalue weighted by Gasteiger charge is -2.21. The smallest absolute Gasteiger partial charge is 0.449 e. The van der Waals surface area contributed by atoms with Crippen molar-refractivity contribution in [3.05, 3.63) is 52.6 Å². The summed E-state index contributed by atoms with van der Waals surface area (Å²) in [7, 11) is 0. The zero-order chi connectivity index (χ0) is 17.0. The molecule has 3 nitrogen and oxygen atoms in total. The molecule has 2 aromatic carbocycles. The highest BCUT2D eigenvalue weighted by atomic mass is 16.7. The van der Waals surface area contributed by atoms with Crippen molar-refractivity contribution in [2.45, 2.75) is 47.0 Å². The summed E-state index contributed by atoms with van der Waals surface area (Å²) < 4.78 is 5.10. The first-order valence-corrected chi connectivity index (χ1v) is 8.17. The van der Waals surface area contributed by atoms with Gasteiger partial charge >= 0.3 is 6.16 Å². The maximum atomic E-state index is 11.1. The zero-order valence-electron chi connectivity index (χ0n) is 14.3. The van der Waals surface area contributed by atoms with Crippen LogP contribution in [0, 0.1) is 6.92 Å². The van der Waals surface area contributed by atoms with E-state index in [1.54, 1.807) is 0 Å². The fourth-order valence-electron chi connectivity index (χ4n) is 3.32. The summed E-state index contributed by atoms with van der Waals surface area (Å²) in [5, 5.41) is 9.07. The lowest BCUT2D eigenvalue weighted by atomic mass is 9.86. The molecule has 0 fully saturated rings. The molecule has 0 saturated carbocycles. The third kappa shape index (κ3) is 3.39. The summed E-state index contributed by atoms with van der Waals surface area (Å²) in [5.41, 5.74) is 6.90. The summed E-state index contributed by atoms with van der Waals surface area (Å²) >= 11 is 0. The maximum absolute atomic E-state index is 11.1. The number of carbonyl (C=O) groups is 1. The number of rotatable bonds is 5. The van der Waals surface area contributed by atoms with E-state index < -0.39 is 6.16 Å². The van der Waals surface area contributed by atoms with Gasteiger partial charge in [0.25, 0.3) is 0 Å². The molecule has 1 N–H and O–H groups in total. The molecule has 0 aromatic heterocycles. The molecule has 0 atom stereocenters. The third-order valence-corrected chi connectivity index (χ3v) is 4.32. The van der Waals surface area contributed by atoms with E-state index in [1.807, 2.05) is 25.1 Å². The summed E-state index contributed by atoms with van der Waals surface area (Å²) in [6.45, 7) is 8.37. The first kappa shape index (κ1) is 17.1. The van der Waals surface area contributed by atoms with Gasteiger partial charge in [-0.1, -0.05) is 45.0 Å². The van der Waals surface area contributed by atoms with Gasteiger partial charge in [-0.3, -0.25) is 0 Å². The van der Waals surface area contributed by atoms with Crippen molar-refractivity contribution in [1.82, 2.24) is 0 Å². The van der Waals surface area contributed by atoms with Crippen molar-refractivity contribution in [3.8, 4) is 16.9 Å². The Hall–Kier alpha value is -2.29. The number of ether oxygens (including phenoxy) is 1. The largest absolute Gasteiger partial charge is 0.511 e. The molecule has 0 spiro atoms. The van der Waals surface area contributed by atoms with Gasteiger partial charge in [-0.05, 0) is 65.6 Å². The van der Waals surface area contributed by atoms with E-state index in [2.05, 4.69) is 32.9 Å². The van der Waals surface area contributed by atoms with Gasteiger partial charge in [-0.2, -0.15) is 0 Å². The second kappa shape index (κ2) is 7.32. The third-order valence-electron chi connectivity index (χ3n) is 4.32. The van der Waals surface area contributed by atoms with E-state index >= 15 is 0 Å². The van der Waals surface area contributed by atoms with Crippen LogP contribution in [0.25, 0.3) is 11.1 Å². The second-order valence-electron chi connectivity index (χ2n) is 5.60. The molecule has 0 amide bonds. The molecule has 0 radical (unpaired) electrons. The van der Waals surface area contributed by atoms with Crippen LogP contribution in [0.5, 0.6) is 5.75 Å². The minimum atomic E-state index is -1.26. The number of hydrogen-bond acceptors (Lipinski definition) is 2. The highest BCUT2D eigenvalue weighted by Crippen LogP contribution is 2.37. The normalized spacial score (nSPS) is 10.6. The first-order chi connectivity index (χ1) is 11.0. The van der Waals surface area contributed by atoms with Crippen LogP contribution in [0.15, 0.2) is 30.3 Å². The monoisotopic (exact) mass is 312 g/mol. The fourth-order valence-corrected chi connectivity index (χ4v) is 3.32. The van der Waals surface area contributed by atoms with Crippen LogP contribution >= 0.6 is 0 Å². The highest BCUT2D eigenvalue weighted by Gasteiger charge is 2.19. The molecule has 0 aliphatic heterocycles. The molecule has 0 saturated heterocycles. The Morgan fingerprint density at radius 2 is 1.57 bits per heavy atom. The van der Waals surface area contributed by atoms with E-state index in [-0.39, 0.29) is 0 Å². The fraction of sp³-hybridized carbons (Fsp3) is 0.350. The summed E-state index contributed by atoms with van der Waals surface area (Å²) in [4.78, 5) is 11.1. The Balaban J connectivity index is 2.80. The summed E-state index contributed by atoms with van der Waals surface area (Å²) in [6.07, 6.45) is 1.27. The topological polar surface area (TPSA) is 46.5 Å². The van der Waals surface area contributed by atoms with E-state index in [1.165, 1.54) is 16.7 Å². The minimum Gasteiger partial charge on any atom is -0.449 e. The van der Waals surface area contributed by atoms with E-state index in [0.29, 0.717) is 5.75 Å². The molecule has 2 rings (SSSR count). The van der Waals surface area contributed by atoms with Gasteiger partial charge in [-0.15, -0.1) is 0 Å². The number of carboxylic acid groups (broad SMARTS) is 1. The van der Waals surface area contributed by atoms with Crippen LogP contribution in [0.3, 0.4) is 0 Å². The molecule has 2 aromatic rings. The van der Waals surface area contributed by atoms with E-state index in [4.69, 9.17) is 9.84 Å². The molecule has 0 unspecified atom stereocenters. The summed E-state index contributed by atoms with van der Waals surface area (Å²) in [6, 6.07) is 10.1. The van der Waals surface area contributed by atoms with Gasteiger partial charge < -0.3 is 9.84 Å². The van der Waals surface area contributed by atoms with Crippen molar-refractivity contribution in [2.24, 2.45) is 0 Å². The Morgan fingerprint density at radius 1 is 0.957 bits per heavy atom. The van der Waals surface area contributed by atoms with Crippen LogP contribution in [0.2, 0.25) is 0 Å². The lowest BCUT2D eigenvalue weighted by Crippen LogP contribution is -2.09. The van der Waals surface area contributed by atoms with Gasteiger partial charge in [0.05, 0.1) is 0 Å². The molecule has 0 aliphatic carbocycles. The van der Waals surface area contributed by atoms with Gasteiger partial charge in [0.15, 0.2) is 0 Å². The molecule has 0 bridgehead atoms. The van der Waals surface area contributed by atoms with Crippen LogP contribution in [-0.2, 0) is 19.3 Å². The van der Waals surface area contributed by atoms with Crippen molar-refractivity contribution in [2.75, 3.05) is 0 Å². The molecule has 122 valence electrons. The van der Waals surface area contributed by atoms with Crippen molar-refractivity contribution in [1.29, 1.82) is 0 Å². The number of aryl methyl sites for hydroxylation is 1. The minimum absolute atomic E-state index is 0.465. The predicted octanol–water partition coefficient (Wildman–Crippen LogP) is 5.41. The van der Waals surface area contributed by atoms with Gasteiger partial charge in [0, 0.05) is 0 Å². The van der Waals surface area contributed by atoms with Gasteiger partial charge in [0.2, 0.25) is 0 Å². The van der Waals surface area contributed by atoms with Crippen molar-refractivity contribution >= 4 is 6.16 Å². The highest BCUT2D eigenvalue weighted by molar-refractivity contribution is 5.76. The van der Waals surface area contributed by atoms with Crippen LogP contribution < -0.4 is 4.74 Å². The Labute approximate surface area is 137 Å². The Morgan fingerprint density at radius 3 is 2.09 bits per heavy atom. The van der Waals surface area contributed by atoms with Gasteiger partial charge in [-0.25, -0.2) is 4.79 Å². The van der Waals surface area contributed by atoms with Crippen LogP contribution in [-0.4, -0.2) is 11.3 Å². The molecule has 0 aliphatic rings. The lowest BCUT2D eigenvalue weighted by molar-refractivity contribution is 0.144. The van der Waals surface area contributed by atoms with Crippen LogP contribution in [0.1, 0.15) is 43.0 Å². The number of hydrogen-bond donors (Lipinski definition) is 1. The van der Waals surface area contributed by atoms with Crippen LogP contribution in [0.4, 0.5) is 4.79 Å². The quantitative estimate of drug-likeness (QED) is 0.593. The standard InChI is InChI=1S/C20H24O3/c1-5-14-15(6-2)18(17-11-9-8-10-13(17)4)12-19(16(14)7-3)23-20(21)22/h8-12H,5-7H2,1-4H3,(H,21,22). The SMILES string of the molecule is CCc1c(OC(=O)O)cc(-c2ccccc2C)c(CC)c1CC. The van der Waals surface area contributed by atoms with Crippen molar-refractivity contribution in [3.63, 3.8) is 0 Å². The maximum Gasteiger partial charge on any atom is 0.511 e. The van der Waals surface area contributed by atoms with E-state index in [9.17, 15) is 4.79 Å². The molecule has 3 heteroatoms. The number of benzene rings is 2. The Bertz CT molecular complexity index is 717. The first-order valence-electron chi connectivity index (χ1n) is 8.17. The average molecular weight is 312 g/mol. The second-order valence-corrected chi connectivity index (χ2v) is 5.60.